The fourth-order valence-electron chi connectivity index (χ4n) is 3.56. The summed E-state index contributed by atoms with van der Waals surface area (Å²) in [5, 5.41) is 5.79. The molecule has 0 N–H and O–H groups in total. The fraction of sp³-hybridized carbons (Fsp3) is 0.476. The van der Waals surface area contributed by atoms with Crippen LogP contribution >= 0.6 is 22.9 Å². The van der Waals surface area contributed by atoms with Crippen LogP contribution in [0.5, 0.6) is 0 Å². The highest BCUT2D eigenvalue weighted by molar-refractivity contribution is 7.22. The molecule has 0 radical (unpaired) electrons. The van der Waals surface area contributed by atoms with Gasteiger partial charge in [-0.1, -0.05) is 22.9 Å². The number of aryl methyl sites for hydroxylation is 2. The van der Waals surface area contributed by atoms with Gasteiger partial charge in [-0.3, -0.25) is 19.3 Å². The van der Waals surface area contributed by atoms with Gasteiger partial charge in [0, 0.05) is 43.9 Å². The van der Waals surface area contributed by atoms with E-state index in [2.05, 4.69) is 10.00 Å². The molecule has 1 fully saturated rings. The molecule has 1 aliphatic rings. The monoisotopic (exact) mass is 447 g/mol. The normalized spacial score (nSPS) is 15.0. The largest absolute Gasteiger partial charge is 0.379 e. The van der Waals surface area contributed by atoms with Gasteiger partial charge in [0.25, 0.3) is 5.91 Å². The van der Waals surface area contributed by atoms with Gasteiger partial charge in [-0.15, -0.1) is 0 Å². The van der Waals surface area contributed by atoms with Gasteiger partial charge in [0.05, 0.1) is 23.4 Å². The molecule has 0 aliphatic carbocycles. The molecule has 160 valence electrons. The van der Waals surface area contributed by atoms with E-state index in [9.17, 15) is 4.79 Å². The molecule has 1 aromatic carbocycles. The Balaban J connectivity index is 1.59. The van der Waals surface area contributed by atoms with Crippen LogP contribution in [0.4, 0.5) is 5.13 Å². The molecule has 1 amide bonds. The van der Waals surface area contributed by atoms with Crippen molar-refractivity contribution in [3.05, 3.63) is 40.7 Å². The zero-order valence-electron chi connectivity index (χ0n) is 17.3. The van der Waals surface area contributed by atoms with Gasteiger partial charge in [0.15, 0.2) is 10.8 Å². The summed E-state index contributed by atoms with van der Waals surface area (Å²) in [7, 11) is 0. The maximum atomic E-state index is 13.3. The molecule has 3 aromatic rings. The molecule has 0 spiro atoms. The molecule has 0 atom stereocenters. The van der Waals surface area contributed by atoms with Crippen molar-refractivity contribution >= 4 is 44.2 Å². The molecule has 0 saturated carbocycles. The van der Waals surface area contributed by atoms with Crippen molar-refractivity contribution in [1.29, 1.82) is 0 Å². The van der Waals surface area contributed by atoms with E-state index >= 15 is 0 Å². The molecular weight excluding hydrogens is 422 g/mol. The predicted molar refractivity (Wildman–Crippen MR) is 121 cm³/mol. The highest BCUT2D eigenvalue weighted by Crippen LogP contribution is 2.34. The smallest absolute Gasteiger partial charge is 0.280 e. The second kappa shape index (κ2) is 9.43. The molecule has 0 bridgehead atoms. The Morgan fingerprint density at radius 3 is 2.83 bits per heavy atom. The Bertz CT molecular complexity index is 1030. The van der Waals surface area contributed by atoms with Crippen LogP contribution in [0, 0.1) is 6.92 Å². The quantitative estimate of drug-likeness (QED) is 0.550. The number of amides is 1. The van der Waals surface area contributed by atoms with E-state index in [0.29, 0.717) is 22.4 Å². The zero-order valence-corrected chi connectivity index (χ0v) is 18.9. The van der Waals surface area contributed by atoms with Gasteiger partial charge in [-0.2, -0.15) is 5.10 Å². The van der Waals surface area contributed by atoms with Crippen molar-refractivity contribution < 1.29 is 9.53 Å². The molecular formula is C21H26ClN5O2S. The number of halogens is 1. The van der Waals surface area contributed by atoms with Crippen molar-refractivity contribution in [2.75, 3.05) is 44.3 Å². The Kier molecular flexibility index (Phi) is 6.67. The summed E-state index contributed by atoms with van der Waals surface area (Å²) in [6.45, 7) is 9.62. The molecule has 30 heavy (non-hydrogen) atoms. The number of carbonyl (C=O) groups is 1. The third-order valence-electron chi connectivity index (χ3n) is 5.36. The number of morpholine rings is 1. The van der Waals surface area contributed by atoms with Crippen molar-refractivity contribution in [2.24, 2.45) is 0 Å². The van der Waals surface area contributed by atoms with E-state index in [1.807, 2.05) is 32.2 Å². The van der Waals surface area contributed by atoms with E-state index in [0.717, 1.165) is 61.6 Å². The van der Waals surface area contributed by atoms with Crippen LogP contribution in [0.1, 0.15) is 29.4 Å². The van der Waals surface area contributed by atoms with Gasteiger partial charge in [-0.05, 0) is 44.0 Å². The number of rotatable bonds is 7. The summed E-state index contributed by atoms with van der Waals surface area (Å²) < 4.78 is 8.21. The van der Waals surface area contributed by atoms with Crippen LogP contribution in [0.25, 0.3) is 10.2 Å². The number of benzene rings is 1. The summed E-state index contributed by atoms with van der Waals surface area (Å²) in [5.41, 5.74) is 2.23. The van der Waals surface area contributed by atoms with Crippen LogP contribution in [-0.2, 0) is 11.3 Å². The summed E-state index contributed by atoms with van der Waals surface area (Å²) in [4.78, 5) is 22.3. The van der Waals surface area contributed by atoms with Gasteiger partial charge in [0.2, 0.25) is 0 Å². The number of hydrogen-bond acceptors (Lipinski definition) is 6. The molecule has 9 heteroatoms. The van der Waals surface area contributed by atoms with E-state index in [4.69, 9.17) is 21.3 Å². The number of thiazole rings is 1. The first-order valence-corrected chi connectivity index (χ1v) is 11.5. The first-order valence-electron chi connectivity index (χ1n) is 10.3. The molecule has 3 heterocycles. The maximum absolute atomic E-state index is 13.3. The van der Waals surface area contributed by atoms with Crippen molar-refractivity contribution in [3.63, 3.8) is 0 Å². The number of anilines is 1. The van der Waals surface area contributed by atoms with Gasteiger partial charge >= 0.3 is 0 Å². The highest BCUT2D eigenvalue weighted by Gasteiger charge is 2.24. The number of carbonyl (C=O) groups excluding carboxylic acids is 1. The fourth-order valence-corrected chi connectivity index (χ4v) is 4.76. The van der Waals surface area contributed by atoms with Gasteiger partial charge < -0.3 is 4.74 Å². The number of hydrogen-bond donors (Lipinski definition) is 0. The molecule has 0 unspecified atom stereocenters. The minimum atomic E-state index is -0.119. The Morgan fingerprint density at radius 1 is 1.30 bits per heavy atom. The lowest BCUT2D eigenvalue weighted by molar-refractivity contribution is 0.0376. The lowest BCUT2D eigenvalue weighted by atomic mass is 10.2. The molecule has 4 rings (SSSR count). The minimum absolute atomic E-state index is 0.119. The van der Waals surface area contributed by atoms with Crippen LogP contribution in [0.3, 0.4) is 0 Å². The minimum Gasteiger partial charge on any atom is -0.379 e. The van der Waals surface area contributed by atoms with Crippen LogP contribution < -0.4 is 4.90 Å². The number of fused-ring (bicyclic) bond motifs is 1. The molecule has 7 nitrogen and oxygen atoms in total. The second-order valence-electron chi connectivity index (χ2n) is 7.34. The van der Waals surface area contributed by atoms with Crippen LogP contribution in [-0.4, -0.2) is 65.0 Å². The van der Waals surface area contributed by atoms with Crippen LogP contribution in [0.15, 0.2) is 24.4 Å². The predicted octanol–water partition coefficient (Wildman–Crippen LogP) is 3.84. The summed E-state index contributed by atoms with van der Waals surface area (Å²) in [5.74, 6) is -0.119. The lowest BCUT2D eigenvalue weighted by Gasteiger charge is -2.27. The summed E-state index contributed by atoms with van der Waals surface area (Å²) in [6, 6.07) is 5.62. The Labute approximate surface area is 185 Å². The first kappa shape index (κ1) is 21.2. The van der Waals surface area contributed by atoms with E-state index in [-0.39, 0.29) is 5.91 Å². The number of aromatic nitrogens is 3. The maximum Gasteiger partial charge on any atom is 0.280 e. The second-order valence-corrected chi connectivity index (χ2v) is 8.75. The highest BCUT2D eigenvalue weighted by atomic mass is 35.5. The third-order valence-corrected chi connectivity index (χ3v) is 6.81. The zero-order chi connectivity index (χ0) is 21.1. The van der Waals surface area contributed by atoms with E-state index in [1.54, 1.807) is 15.6 Å². The van der Waals surface area contributed by atoms with Crippen molar-refractivity contribution in [1.82, 2.24) is 19.7 Å². The average Bonchev–Trinajstić information content (AvgIpc) is 3.42. The summed E-state index contributed by atoms with van der Waals surface area (Å²) >= 11 is 7.80. The molecule has 2 aromatic heterocycles. The lowest BCUT2D eigenvalue weighted by Crippen LogP contribution is -2.39. The molecule has 1 saturated heterocycles. The van der Waals surface area contributed by atoms with Gasteiger partial charge in [0.1, 0.15) is 0 Å². The topological polar surface area (TPSA) is 63.5 Å². The summed E-state index contributed by atoms with van der Waals surface area (Å²) in [6.07, 6.45) is 2.69. The number of nitrogens with zero attached hydrogens (tertiary/aromatic N) is 5. The van der Waals surface area contributed by atoms with Crippen molar-refractivity contribution in [3.8, 4) is 0 Å². The van der Waals surface area contributed by atoms with Crippen molar-refractivity contribution in [2.45, 2.75) is 26.8 Å². The average molecular weight is 448 g/mol. The third kappa shape index (κ3) is 4.51. The van der Waals surface area contributed by atoms with E-state index in [1.165, 1.54) is 11.3 Å². The Morgan fingerprint density at radius 2 is 2.10 bits per heavy atom. The Hall–Kier alpha value is -2.00. The van der Waals surface area contributed by atoms with Crippen LogP contribution in [0.2, 0.25) is 5.02 Å². The standard InChI is InChI=1S/C21H26ClN5O2S/c1-3-26-10-7-17(24-26)20(28)27(9-4-8-25-11-13-29-14-12-25)21-23-19-15(2)16(22)5-6-18(19)30-21/h5-7,10H,3-4,8-9,11-14H2,1-2H3. The number of ether oxygens (including phenoxy) is 1. The van der Waals surface area contributed by atoms with Gasteiger partial charge in [-0.25, -0.2) is 4.98 Å². The van der Waals surface area contributed by atoms with E-state index < -0.39 is 0 Å². The first-order chi connectivity index (χ1) is 14.6. The SMILES string of the molecule is CCn1ccc(C(=O)N(CCCN2CCOCC2)c2nc3c(C)c(Cl)ccc3s2)n1. The molecule has 1 aliphatic heterocycles.